The smallest absolute Gasteiger partial charge is 0.192 e. The number of aromatic nitrogens is 3. The van der Waals surface area contributed by atoms with Crippen LogP contribution in [0.5, 0.6) is 11.5 Å². The van der Waals surface area contributed by atoms with Crippen LogP contribution in [-0.4, -0.2) is 38.5 Å². The third-order valence-corrected chi connectivity index (χ3v) is 5.76. The van der Waals surface area contributed by atoms with Crippen molar-refractivity contribution >= 4 is 17.5 Å². The Balaban J connectivity index is 1.60. The molecule has 4 rings (SSSR count). The van der Waals surface area contributed by atoms with Crippen LogP contribution >= 0.6 is 11.8 Å². The molecule has 3 aromatic carbocycles. The van der Waals surface area contributed by atoms with E-state index in [-0.39, 0.29) is 17.3 Å². The Labute approximate surface area is 184 Å². The molecule has 6 nitrogen and oxygen atoms in total. The lowest BCUT2D eigenvalue weighted by atomic mass is 10.1. The minimum Gasteiger partial charge on any atom is -0.507 e. The lowest BCUT2D eigenvalue weighted by molar-refractivity contribution is 0.102. The molecule has 0 saturated heterocycles. The highest BCUT2D eigenvalue weighted by Gasteiger charge is 2.18. The number of benzene rings is 3. The molecule has 156 valence electrons. The van der Waals surface area contributed by atoms with Gasteiger partial charge in [0.2, 0.25) is 0 Å². The van der Waals surface area contributed by atoms with Crippen molar-refractivity contribution in [3.05, 3.63) is 90.0 Å². The minimum absolute atomic E-state index is 0.00831. The number of phenolic OH excluding ortho intramolecular Hbond substituents is 1. The van der Waals surface area contributed by atoms with Gasteiger partial charge in [-0.25, -0.2) is 0 Å². The number of ether oxygens (including phenoxy) is 1. The van der Waals surface area contributed by atoms with Crippen LogP contribution in [0.1, 0.15) is 15.9 Å². The van der Waals surface area contributed by atoms with E-state index in [1.807, 2.05) is 41.0 Å². The zero-order valence-electron chi connectivity index (χ0n) is 16.9. The van der Waals surface area contributed by atoms with E-state index < -0.39 is 0 Å². The number of methoxy groups -OCH3 is 1. The molecule has 0 bridgehead atoms. The van der Waals surface area contributed by atoms with Crippen molar-refractivity contribution in [2.75, 3.05) is 12.9 Å². The van der Waals surface area contributed by atoms with E-state index in [1.54, 1.807) is 49.6 Å². The van der Waals surface area contributed by atoms with Crippen molar-refractivity contribution in [1.29, 1.82) is 0 Å². The first-order chi connectivity index (χ1) is 15.2. The van der Waals surface area contributed by atoms with Crippen LogP contribution < -0.4 is 4.74 Å². The van der Waals surface area contributed by atoms with Crippen molar-refractivity contribution in [1.82, 2.24) is 14.8 Å². The third kappa shape index (κ3) is 4.78. The first kappa shape index (κ1) is 20.7. The van der Waals surface area contributed by atoms with Gasteiger partial charge in [0.1, 0.15) is 11.5 Å². The number of hydrogen-bond acceptors (Lipinski definition) is 6. The van der Waals surface area contributed by atoms with Gasteiger partial charge < -0.3 is 9.84 Å². The molecule has 0 fully saturated rings. The quantitative estimate of drug-likeness (QED) is 0.322. The van der Waals surface area contributed by atoms with Gasteiger partial charge in [-0.05, 0) is 42.0 Å². The Morgan fingerprint density at radius 1 is 0.968 bits per heavy atom. The number of ketones is 1. The van der Waals surface area contributed by atoms with Crippen LogP contribution in [0.25, 0.3) is 11.4 Å². The van der Waals surface area contributed by atoms with Crippen molar-refractivity contribution in [2.24, 2.45) is 0 Å². The maximum absolute atomic E-state index is 12.7. The molecule has 4 aromatic rings. The minimum atomic E-state index is -0.00831. The van der Waals surface area contributed by atoms with Crippen LogP contribution in [0.3, 0.4) is 0 Å². The Hall–Kier alpha value is -3.58. The Morgan fingerprint density at radius 3 is 2.39 bits per heavy atom. The molecule has 0 atom stereocenters. The van der Waals surface area contributed by atoms with E-state index in [4.69, 9.17) is 4.74 Å². The summed E-state index contributed by atoms with van der Waals surface area (Å²) in [6.07, 6.45) is 0. The molecule has 0 aliphatic heterocycles. The molecule has 0 aliphatic carbocycles. The van der Waals surface area contributed by atoms with Gasteiger partial charge in [-0.2, -0.15) is 0 Å². The van der Waals surface area contributed by atoms with Crippen LogP contribution in [-0.2, 0) is 6.54 Å². The third-order valence-electron chi connectivity index (χ3n) is 4.79. The first-order valence-electron chi connectivity index (χ1n) is 9.71. The summed E-state index contributed by atoms with van der Waals surface area (Å²) in [5, 5.41) is 19.6. The molecule has 0 saturated carbocycles. The fourth-order valence-electron chi connectivity index (χ4n) is 3.16. The van der Waals surface area contributed by atoms with Crippen molar-refractivity contribution in [3.63, 3.8) is 0 Å². The number of rotatable bonds is 8. The van der Waals surface area contributed by atoms with E-state index >= 15 is 0 Å². The van der Waals surface area contributed by atoms with Gasteiger partial charge in [-0.15, -0.1) is 10.2 Å². The van der Waals surface area contributed by atoms with Crippen molar-refractivity contribution < 1.29 is 14.6 Å². The summed E-state index contributed by atoms with van der Waals surface area (Å²) in [5.41, 5.74) is 2.28. The second kappa shape index (κ2) is 9.49. The number of thioether (sulfide) groups is 1. The molecule has 1 N–H and O–H groups in total. The fraction of sp³-hybridized carbons (Fsp3) is 0.125. The zero-order chi connectivity index (χ0) is 21.6. The normalized spacial score (nSPS) is 10.7. The standard InChI is InChI=1S/C24H21N3O3S/c1-30-19-13-11-18(12-14-19)22(29)16-31-24-26-25-23(20-9-5-6-10-21(20)28)27(24)15-17-7-3-2-4-8-17/h2-14,28H,15-16H2,1H3. The topological polar surface area (TPSA) is 77.2 Å². The van der Waals surface area contributed by atoms with E-state index in [2.05, 4.69) is 10.2 Å². The predicted molar refractivity (Wildman–Crippen MR) is 121 cm³/mol. The number of carbonyl (C=O) groups is 1. The molecule has 1 heterocycles. The molecule has 7 heteroatoms. The fourth-order valence-corrected chi connectivity index (χ4v) is 3.99. The van der Waals surface area contributed by atoms with Gasteiger partial charge in [-0.3, -0.25) is 9.36 Å². The molecule has 0 radical (unpaired) electrons. The second-order valence-electron chi connectivity index (χ2n) is 6.84. The average Bonchev–Trinajstić information content (AvgIpc) is 3.20. The number of phenols is 1. The van der Waals surface area contributed by atoms with Gasteiger partial charge >= 0.3 is 0 Å². The number of Topliss-reactive ketones (excluding diaryl/α,β-unsaturated/α-hetero) is 1. The van der Waals surface area contributed by atoms with Gasteiger partial charge in [0.25, 0.3) is 0 Å². The van der Waals surface area contributed by atoms with Crippen LogP contribution in [0.4, 0.5) is 0 Å². The number of carbonyl (C=O) groups excluding carboxylic acids is 1. The van der Waals surface area contributed by atoms with E-state index in [1.165, 1.54) is 11.8 Å². The van der Waals surface area contributed by atoms with E-state index in [9.17, 15) is 9.90 Å². The maximum atomic E-state index is 12.7. The summed E-state index contributed by atoms with van der Waals surface area (Å²) < 4.78 is 7.07. The Bertz CT molecular complexity index is 1170. The number of para-hydroxylation sites is 1. The summed E-state index contributed by atoms with van der Waals surface area (Å²) in [4.78, 5) is 12.7. The largest absolute Gasteiger partial charge is 0.507 e. The summed E-state index contributed by atoms with van der Waals surface area (Å²) in [5.74, 6) is 1.61. The summed E-state index contributed by atoms with van der Waals surface area (Å²) >= 11 is 1.33. The lowest BCUT2D eigenvalue weighted by Crippen LogP contribution is -2.07. The lowest BCUT2D eigenvalue weighted by Gasteiger charge is -2.11. The first-order valence-corrected chi connectivity index (χ1v) is 10.7. The molecule has 0 aliphatic rings. The molecular formula is C24H21N3O3S. The number of hydrogen-bond donors (Lipinski definition) is 1. The highest BCUT2D eigenvalue weighted by Crippen LogP contribution is 2.31. The van der Waals surface area contributed by atoms with Gasteiger partial charge in [0.15, 0.2) is 16.8 Å². The van der Waals surface area contributed by atoms with E-state index in [0.717, 1.165) is 5.56 Å². The summed E-state index contributed by atoms with van der Waals surface area (Å²) in [7, 11) is 1.59. The molecule has 1 aromatic heterocycles. The Morgan fingerprint density at radius 2 is 1.68 bits per heavy atom. The highest BCUT2D eigenvalue weighted by atomic mass is 32.2. The van der Waals surface area contributed by atoms with Gasteiger partial charge in [-0.1, -0.05) is 54.2 Å². The van der Waals surface area contributed by atoms with Crippen LogP contribution in [0, 0.1) is 0 Å². The highest BCUT2D eigenvalue weighted by molar-refractivity contribution is 7.99. The summed E-state index contributed by atoms with van der Waals surface area (Å²) in [6, 6.07) is 24.0. The van der Waals surface area contributed by atoms with Gasteiger partial charge in [0, 0.05) is 5.56 Å². The maximum Gasteiger partial charge on any atom is 0.192 e. The average molecular weight is 432 g/mol. The second-order valence-corrected chi connectivity index (χ2v) is 7.78. The molecular weight excluding hydrogens is 410 g/mol. The van der Waals surface area contributed by atoms with Crippen LogP contribution in [0.2, 0.25) is 0 Å². The zero-order valence-corrected chi connectivity index (χ0v) is 17.7. The van der Waals surface area contributed by atoms with Crippen molar-refractivity contribution in [3.8, 4) is 22.9 Å². The molecule has 0 spiro atoms. The van der Waals surface area contributed by atoms with Crippen LogP contribution in [0.15, 0.2) is 84.0 Å². The summed E-state index contributed by atoms with van der Waals surface area (Å²) in [6.45, 7) is 0.524. The van der Waals surface area contributed by atoms with E-state index in [0.29, 0.717) is 34.4 Å². The monoisotopic (exact) mass is 431 g/mol. The predicted octanol–water partition coefficient (Wildman–Crippen LogP) is 4.68. The number of aromatic hydroxyl groups is 1. The molecule has 0 unspecified atom stereocenters. The molecule has 0 amide bonds. The van der Waals surface area contributed by atoms with Gasteiger partial charge in [0.05, 0.1) is 25.0 Å². The number of nitrogens with zero attached hydrogens (tertiary/aromatic N) is 3. The Kier molecular flexibility index (Phi) is 6.33. The molecule has 31 heavy (non-hydrogen) atoms. The SMILES string of the molecule is COc1ccc(C(=O)CSc2nnc(-c3ccccc3O)n2Cc2ccccc2)cc1. The van der Waals surface area contributed by atoms with Crippen molar-refractivity contribution in [2.45, 2.75) is 11.7 Å².